The third-order valence-electron chi connectivity index (χ3n) is 8.57. The number of rotatable bonds is 5. The summed E-state index contributed by atoms with van der Waals surface area (Å²) in [6.45, 7) is 1.76. The predicted octanol–water partition coefficient (Wildman–Crippen LogP) is 4.54. The van der Waals surface area contributed by atoms with Gasteiger partial charge in [0.2, 0.25) is 5.75 Å². The number of benzene rings is 1. The monoisotopic (exact) mass is 508 g/mol. The number of aryl methyl sites for hydroxylation is 1. The van der Waals surface area contributed by atoms with Crippen LogP contribution in [0.2, 0.25) is 0 Å². The first-order chi connectivity index (χ1) is 18.0. The van der Waals surface area contributed by atoms with E-state index < -0.39 is 11.9 Å². The van der Waals surface area contributed by atoms with Crippen molar-refractivity contribution < 1.29 is 33.1 Å². The Kier molecular flexibility index (Phi) is 5.88. The maximum absolute atomic E-state index is 14.2. The summed E-state index contributed by atoms with van der Waals surface area (Å²) < 4.78 is 28.8. The summed E-state index contributed by atoms with van der Waals surface area (Å²) in [6.07, 6.45) is 6.09. The first-order valence-electron chi connectivity index (χ1n) is 13.0. The molecule has 5 atom stereocenters. The van der Waals surface area contributed by atoms with Gasteiger partial charge in [0.05, 0.1) is 32.8 Å². The van der Waals surface area contributed by atoms with Gasteiger partial charge in [0.1, 0.15) is 17.9 Å². The molecule has 2 aliphatic carbocycles. The summed E-state index contributed by atoms with van der Waals surface area (Å²) >= 11 is 0. The van der Waals surface area contributed by atoms with Gasteiger partial charge in [-0.25, -0.2) is 0 Å². The van der Waals surface area contributed by atoms with Crippen molar-refractivity contribution in [2.75, 3.05) is 26.2 Å². The second-order valence-corrected chi connectivity index (χ2v) is 10.4. The Hall–Kier alpha value is -3.49. The molecule has 5 unspecified atom stereocenters. The minimum atomic E-state index is -0.806. The van der Waals surface area contributed by atoms with Crippen LogP contribution >= 0.6 is 0 Å². The van der Waals surface area contributed by atoms with Crippen molar-refractivity contribution in [1.29, 1.82) is 0 Å². The van der Waals surface area contributed by atoms with Crippen LogP contribution in [0.15, 0.2) is 34.1 Å². The van der Waals surface area contributed by atoms with Crippen LogP contribution in [0.3, 0.4) is 0 Å². The third kappa shape index (κ3) is 3.54. The van der Waals surface area contributed by atoms with E-state index in [1.807, 2.05) is 0 Å². The van der Waals surface area contributed by atoms with E-state index in [1.165, 1.54) is 32.0 Å². The first-order valence-corrected chi connectivity index (χ1v) is 13.0. The number of aromatic nitrogens is 1. The summed E-state index contributed by atoms with van der Waals surface area (Å²) in [5, 5.41) is 4.13. The Morgan fingerprint density at radius 3 is 2.46 bits per heavy atom. The summed E-state index contributed by atoms with van der Waals surface area (Å²) in [7, 11) is 4.59. The van der Waals surface area contributed by atoms with Crippen LogP contribution in [0.25, 0.3) is 0 Å². The molecule has 2 fully saturated rings. The molecule has 0 N–H and O–H groups in total. The van der Waals surface area contributed by atoms with Crippen LogP contribution in [-0.4, -0.2) is 44.3 Å². The predicted molar refractivity (Wildman–Crippen MR) is 133 cm³/mol. The number of ether oxygens (including phenoxy) is 4. The van der Waals surface area contributed by atoms with Gasteiger partial charge in [-0.1, -0.05) is 24.4 Å². The molecule has 2 aromatic rings. The van der Waals surface area contributed by atoms with Gasteiger partial charge in [0.25, 0.3) is 5.91 Å². The van der Waals surface area contributed by atoms with Crippen LogP contribution in [0.4, 0.5) is 5.82 Å². The molecule has 0 spiro atoms. The first kappa shape index (κ1) is 23.9. The number of amides is 1. The van der Waals surface area contributed by atoms with Crippen LogP contribution in [-0.2, 0) is 14.3 Å². The van der Waals surface area contributed by atoms with E-state index in [0.29, 0.717) is 51.8 Å². The van der Waals surface area contributed by atoms with Gasteiger partial charge in [-0.05, 0) is 50.2 Å². The van der Waals surface area contributed by atoms with Crippen molar-refractivity contribution in [3.8, 4) is 17.2 Å². The fraction of sp³-hybridized carbons (Fsp3) is 0.536. The molecule has 0 bridgehead atoms. The standard InChI is InChI=1S/C28H32N2O7/c1-14-13-20(29-37-14)30-22(17-11-12-19(33-2)26(35-4)25(17)34-3)21-23(31)18-10-9-15-7-5-6-8-16(15)24(18)36-27(21)28(30)32/h11-13,15-16,18,22,24H,5-10H2,1-4H3. The number of ketones is 1. The van der Waals surface area contributed by atoms with E-state index in [-0.39, 0.29) is 23.6 Å². The van der Waals surface area contributed by atoms with E-state index in [1.54, 1.807) is 32.2 Å². The summed E-state index contributed by atoms with van der Waals surface area (Å²) in [5.41, 5.74) is 0.938. The smallest absolute Gasteiger partial charge is 0.295 e. The molecule has 37 heavy (non-hydrogen) atoms. The van der Waals surface area contributed by atoms with Crippen molar-refractivity contribution in [2.45, 2.75) is 57.6 Å². The number of nitrogens with zero attached hydrogens (tertiary/aromatic N) is 2. The number of hydrogen-bond donors (Lipinski definition) is 0. The van der Waals surface area contributed by atoms with Gasteiger partial charge in [0.15, 0.2) is 28.9 Å². The Bertz CT molecular complexity index is 1280. The van der Waals surface area contributed by atoms with E-state index in [4.69, 9.17) is 23.5 Å². The Labute approximate surface area is 215 Å². The highest BCUT2D eigenvalue weighted by Crippen LogP contribution is 2.55. The number of methoxy groups -OCH3 is 3. The summed E-state index contributed by atoms with van der Waals surface area (Å²) in [4.78, 5) is 29.7. The molecular weight excluding hydrogens is 476 g/mol. The molecule has 1 aromatic heterocycles. The van der Waals surface area contributed by atoms with E-state index in [9.17, 15) is 9.59 Å². The van der Waals surface area contributed by atoms with Gasteiger partial charge in [-0.3, -0.25) is 14.5 Å². The maximum atomic E-state index is 14.2. The third-order valence-corrected chi connectivity index (χ3v) is 8.57. The number of Topliss-reactive ketones (excluding diaryl/α,β-unsaturated/α-hetero) is 1. The molecule has 196 valence electrons. The molecule has 1 amide bonds. The Balaban J connectivity index is 1.52. The molecule has 2 saturated carbocycles. The molecule has 9 heteroatoms. The van der Waals surface area contributed by atoms with Gasteiger partial charge < -0.3 is 23.5 Å². The number of carbonyl (C=O) groups is 2. The summed E-state index contributed by atoms with van der Waals surface area (Å²) in [5.74, 6) is 2.40. The van der Waals surface area contributed by atoms with Crippen LogP contribution < -0.4 is 19.1 Å². The zero-order chi connectivity index (χ0) is 25.8. The number of hydrogen-bond acceptors (Lipinski definition) is 8. The zero-order valence-corrected chi connectivity index (χ0v) is 21.6. The molecule has 3 heterocycles. The average molecular weight is 509 g/mol. The molecule has 0 saturated heterocycles. The summed E-state index contributed by atoms with van der Waals surface area (Å²) in [6, 6.07) is 4.42. The van der Waals surface area contributed by atoms with Crippen LogP contribution in [0.1, 0.15) is 55.9 Å². The Morgan fingerprint density at radius 1 is 0.973 bits per heavy atom. The Morgan fingerprint density at radius 2 is 1.76 bits per heavy atom. The highest BCUT2D eigenvalue weighted by molar-refractivity contribution is 6.18. The molecule has 9 nitrogen and oxygen atoms in total. The normalized spacial score (nSPS) is 28.9. The lowest BCUT2D eigenvalue weighted by Gasteiger charge is -2.46. The number of anilines is 1. The fourth-order valence-electron chi connectivity index (χ4n) is 6.96. The van der Waals surface area contributed by atoms with E-state index in [0.717, 1.165) is 25.7 Å². The largest absolute Gasteiger partial charge is 0.493 e. The van der Waals surface area contributed by atoms with E-state index in [2.05, 4.69) is 5.16 Å². The van der Waals surface area contributed by atoms with Gasteiger partial charge in [0, 0.05) is 11.6 Å². The number of fused-ring (bicyclic) bond motifs is 3. The van der Waals surface area contributed by atoms with Gasteiger partial charge in [-0.2, -0.15) is 0 Å². The van der Waals surface area contributed by atoms with Crippen molar-refractivity contribution >= 4 is 17.5 Å². The van der Waals surface area contributed by atoms with Crippen molar-refractivity contribution in [2.24, 2.45) is 17.8 Å². The number of carbonyl (C=O) groups excluding carboxylic acids is 2. The van der Waals surface area contributed by atoms with Crippen molar-refractivity contribution in [3.05, 3.63) is 40.9 Å². The molecule has 0 radical (unpaired) electrons. The van der Waals surface area contributed by atoms with E-state index >= 15 is 0 Å². The zero-order valence-electron chi connectivity index (χ0n) is 21.6. The molecule has 1 aromatic carbocycles. The quantitative estimate of drug-likeness (QED) is 0.581. The second-order valence-electron chi connectivity index (χ2n) is 10.4. The van der Waals surface area contributed by atoms with Crippen molar-refractivity contribution in [3.63, 3.8) is 0 Å². The minimum absolute atomic E-state index is 0.0202. The lowest BCUT2D eigenvalue weighted by atomic mass is 9.63. The SMILES string of the molecule is COc1ccc(C2C3=C(OC4C(CCC5CCCCC54)C3=O)C(=O)N2c2cc(C)on2)c(OC)c1OC. The van der Waals surface area contributed by atoms with Crippen LogP contribution in [0.5, 0.6) is 17.2 Å². The highest BCUT2D eigenvalue weighted by Gasteiger charge is 2.56. The minimum Gasteiger partial charge on any atom is -0.493 e. The fourth-order valence-corrected chi connectivity index (χ4v) is 6.96. The molecule has 4 aliphatic rings. The maximum Gasteiger partial charge on any atom is 0.295 e. The molecule has 6 rings (SSSR count). The van der Waals surface area contributed by atoms with Gasteiger partial charge in [-0.15, -0.1) is 0 Å². The topological polar surface area (TPSA) is 100 Å². The second kappa shape index (κ2) is 9.11. The van der Waals surface area contributed by atoms with Crippen molar-refractivity contribution in [1.82, 2.24) is 5.16 Å². The van der Waals surface area contributed by atoms with Crippen LogP contribution in [0, 0.1) is 24.7 Å². The van der Waals surface area contributed by atoms with Gasteiger partial charge >= 0.3 is 0 Å². The lowest BCUT2D eigenvalue weighted by molar-refractivity contribution is -0.139. The average Bonchev–Trinajstić information content (AvgIpc) is 3.48. The highest BCUT2D eigenvalue weighted by atomic mass is 16.5. The molecular formula is C28H32N2O7. The molecule has 2 aliphatic heterocycles. The lowest BCUT2D eigenvalue weighted by Crippen LogP contribution is -2.48.